The Morgan fingerprint density at radius 2 is 2.00 bits per heavy atom. The van der Waals surface area contributed by atoms with Crippen LogP contribution in [0.1, 0.15) is 25.7 Å². The number of hydrogen-bond acceptors (Lipinski definition) is 3. The third-order valence-corrected chi connectivity index (χ3v) is 4.42. The Balaban J connectivity index is 1.92. The Hall–Kier alpha value is -0.620. The normalized spacial score (nSPS) is 27.7. The number of nitrogens with one attached hydrogen (secondary N) is 1. The minimum atomic E-state index is -3.15. The highest BCUT2D eigenvalue weighted by Crippen LogP contribution is 2.22. The molecule has 2 aliphatic rings. The van der Waals surface area contributed by atoms with Gasteiger partial charge >= 0.3 is 0 Å². The second-order valence-electron chi connectivity index (χ2n) is 4.74. The Labute approximate surface area is 96.2 Å². The first kappa shape index (κ1) is 11.9. The van der Waals surface area contributed by atoms with Crippen LogP contribution in [0.3, 0.4) is 0 Å². The van der Waals surface area contributed by atoms with Crippen LogP contribution in [0.2, 0.25) is 0 Å². The molecule has 0 aromatic heterocycles. The zero-order chi connectivity index (χ0) is 11.8. The van der Waals surface area contributed by atoms with Gasteiger partial charge in [0.05, 0.1) is 12.2 Å². The van der Waals surface area contributed by atoms with Gasteiger partial charge in [-0.05, 0) is 25.7 Å². The molecule has 0 spiro atoms. The summed E-state index contributed by atoms with van der Waals surface area (Å²) in [6.45, 7) is 0.892. The molecule has 1 saturated heterocycles. The molecule has 0 aromatic carbocycles. The van der Waals surface area contributed by atoms with E-state index < -0.39 is 10.0 Å². The largest absolute Gasteiger partial charge is 0.353 e. The van der Waals surface area contributed by atoms with Crippen molar-refractivity contribution in [3.05, 3.63) is 0 Å². The van der Waals surface area contributed by atoms with E-state index in [1.54, 1.807) is 0 Å². The SMILES string of the molecule is CS(=O)(=O)N1CCCC(C(=O)NC2CC2)C1. The van der Waals surface area contributed by atoms with E-state index in [0.717, 1.165) is 25.7 Å². The van der Waals surface area contributed by atoms with Crippen molar-refractivity contribution < 1.29 is 13.2 Å². The first-order valence-corrected chi connectivity index (χ1v) is 7.57. The van der Waals surface area contributed by atoms with Gasteiger partial charge in [-0.2, -0.15) is 0 Å². The van der Waals surface area contributed by atoms with Crippen molar-refractivity contribution in [1.29, 1.82) is 0 Å². The van der Waals surface area contributed by atoms with Gasteiger partial charge in [-0.15, -0.1) is 0 Å². The fourth-order valence-corrected chi connectivity index (χ4v) is 2.92. The first-order valence-electron chi connectivity index (χ1n) is 5.72. The predicted octanol–water partition coefficient (Wildman–Crippen LogP) is -0.0634. The molecular weight excluding hydrogens is 228 g/mol. The average molecular weight is 246 g/mol. The molecule has 1 N–H and O–H groups in total. The third-order valence-electron chi connectivity index (χ3n) is 3.15. The van der Waals surface area contributed by atoms with Gasteiger partial charge in [0.15, 0.2) is 0 Å². The van der Waals surface area contributed by atoms with Gasteiger partial charge in [-0.25, -0.2) is 12.7 Å². The summed E-state index contributed by atoms with van der Waals surface area (Å²) in [5.74, 6) is -0.139. The number of carbonyl (C=O) groups is 1. The zero-order valence-corrected chi connectivity index (χ0v) is 10.3. The van der Waals surface area contributed by atoms with Crippen LogP contribution >= 0.6 is 0 Å². The minimum absolute atomic E-state index is 0.0239. The second kappa shape index (κ2) is 4.33. The van der Waals surface area contributed by atoms with Gasteiger partial charge in [0, 0.05) is 19.1 Å². The van der Waals surface area contributed by atoms with Crippen molar-refractivity contribution in [2.75, 3.05) is 19.3 Å². The van der Waals surface area contributed by atoms with E-state index in [9.17, 15) is 13.2 Å². The van der Waals surface area contributed by atoms with E-state index in [0.29, 0.717) is 19.1 Å². The van der Waals surface area contributed by atoms with Crippen LogP contribution in [0.4, 0.5) is 0 Å². The summed E-state index contributed by atoms with van der Waals surface area (Å²) in [6, 6.07) is 0.348. The molecule has 2 fully saturated rings. The third kappa shape index (κ3) is 2.95. The fraction of sp³-hybridized carbons (Fsp3) is 0.900. The van der Waals surface area contributed by atoms with E-state index >= 15 is 0 Å². The molecule has 1 unspecified atom stereocenters. The highest BCUT2D eigenvalue weighted by atomic mass is 32.2. The van der Waals surface area contributed by atoms with Gasteiger partial charge in [0.1, 0.15) is 0 Å². The van der Waals surface area contributed by atoms with Crippen LogP contribution in [0.5, 0.6) is 0 Å². The fourth-order valence-electron chi connectivity index (χ4n) is 2.00. The monoisotopic (exact) mass is 246 g/mol. The molecule has 1 heterocycles. The van der Waals surface area contributed by atoms with Gasteiger partial charge in [-0.1, -0.05) is 0 Å². The highest BCUT2D eigenvalue weighted by Gasteiger charge is 2.32. The van der Waals surface area contributed by atoms with Crippen LogP contribution < -0.4 is 5.32 Å². The van der Waals surface area contributed by atoms with Crippen molar-refractivity contribution in [2.24, 2.45) is 5.92 Å². The lowest BCUT2D eigenvalue weighted by molar-refractivity contribution is -0.126. The van der Waals surface area contributed by atoms with E-state index in [4.69, 9.17) is 0 Å². The minimum Gasteiger partial charge on any atom is -0.353 e. The molecule has 1 amide bonds. The Kier molecular flexibility index (Phi) is 3.21. The molecule has 0 radical (unpaired) electrons. The zero-order valence-electron chi connectivity index (χ0n) is 9.48. The molecule has 1 atom stereocenters. The predicted molar refractivity (Wildman–Crippen MR) is 60.3 cm³/mol. The lowest BCUT2D eigenvalue weighted by Crippen LogP contribution is -2.45. The highest BCUT2D eigenvalue weighted by molar-refractivity contribution is 7.88. The summed E-state index contributed by atoms with van der Waals surface area (Å²) in [6.07, 6.45) is 4.90. The summed E-state index contributed by atoms with van der Waals surface area (Å²) < 4.78 is 24.2. The summed E-state index contributed by atoms with van der Waals surface area (Å²) >= 11 is 0. The van der Waals surface area contributed by atoms with Crippen molar-refractivity contribution in [1.82, 2.24) is 9.62 Å². The first-order chi connectivity index (χ1) is 7.47. The second-order valence-corrected chi connectivity index (χ2v) is 6.73. The summed E-state index contributed by atoms with van der Waals surface area (Å²) in [4.78, 5) is 11.8. The molecule has 1 saturated carbocycles. The van der Waals surface area contributed by atoms with Gasteiger partial charge in [0.2, 0.25) is 15.9 Å². The van der Waals surface area contributed by atoms with Crippen LogP contribution in [0, 0.1) is 5.92 Å². The summed E-state index contributed by atoms with van der Waals surface area (Å²) in [5.41, 5.74) is 0. The molecule has 6 heteroatoms. The molecule has 5 nitrogen and oxygen atoms in total. The number of carbonyl (C=O) groups excluding carboxylic acids is 1. The van der Waals surface area contributed by atoms with E-state index in [1.807, 2.05) is 0 Å². The summed E-state index contributed by atoms with van der Waals surface area (Å²) in [5, 5.41) is 2.94. The van der Waals surface area contributed by atoms with Crippen molar-refractivity contribution in [2.45, 2.75) is 31.7 Å². The molecule has 16 heavy (non-hydrogen) atoms. The Morgan fingerprint density at radius 1 is 1.31 bits per heavy atom. The van der Waals surface area contributed by atoms with Crippen molar-refractivity contribution in [3.63, 3.8) is 0 Å². The number of rotatable bonds is 3. The van der Waals surface area contributed by atoms with Gasteiger partial charge < -0.3 is 5.32 Å². The molecule has 0 bridgehead atoms. The van der Waals surface area contributed by atoms with Crippen LogP contribution in [0.15, 0.2) is 0 Å². The molecule has 92 valence electrons. The van der Waals surface area contributed by atoms with Gasteiger partial charge in [-0.3, -0.25) is 4.79 Å². The molecule has 2 rings (SSSR count). The van der Waals surface area contributed by atoms with E-state index in [-0.39, 0.29) is 11.8 Å². The standard InChI is InChI=1S/C10H18N2O3S/c1-16(14,15)12-6-2-3-8(7-12)10(13)11-9-4-5-9/h8-9H,2-7H2,1H3,(H,11,13). The maximum absolute atomic E-state index is 11.8. The number of nitrogens with zero attached hydrogens (tertiary/aromatic N) is 1. The maximum Gasteiger partial charge on any atom is 0.224 e. The molecule has 1 aliphatic heterocycles. The van der Waals surface area contributed by atoms with Gasteiger partial charge in [0.25, 0.3) is 0 Å². The van der Waals surface area contributed by atoms with E-state index in [1.165, 1.54) is 10.6 Å². The number of hydrogen-bond donors (Lipinski definition) is 1. The Morgan fingerprint density at radius 3 is 2.56 bits per heavy atom. The van der Waals surface area contributed by atoms with Crippen molar-refractivity contribution in [3.8, 4) is 0 Å². The number of sulfonamides is 1. The van der Waals surface area contributed by atoms with Crippen molar-refractivity contribution >= 4 is 15.9 Å². The number of amides is 1. The van der Waals surface area contributed by atoms with Crippen LogP contribution in [0.25, 0.3) is 0 Å². The quantitative estimate of drug-likeness (QED) is 0.758. The topological polar surface area (TPSA) is 66.5 Å². The number of piperidine rings is 1. The molecule has 0 aromatic rings. The molecular formula is C10H18N2O3S. The van der Waals surface area contributed by atoms with Crippen LogP contribution in [-0.4, -0.2) is 44.0 Å². The maximum atomic E-state index is 11.8. The average Bonchev–Trinajstić information content (AvgIpc) is 3.00. The lowest BCUT2D eigenvalue weighted by atomic mass is 9.99. The van der Waals surface area contributed by atoms with E-state index in [2.05, 4.69) is 5.32 Å². The smallest absolute Gasteiger partial charge is 0.224 e. The Bertz CT molecular complexity index is 376. The lowest BCUT2D eigenvalue weighted by Gasteiger charge is -2.30. The summed E-state index contributed by atoms with van der Waals surface area (Å²) in [7, 11) is -3.15. The molecule has 1 aliphatic carbocycles. The van der Waals surface area contributed by atoms with Crippen LogP contribution in [-0.2, 0) is 14.8 Å².